The van der Waals surface area contributed by atoms with Gasteiger partial charge in [-0.2, -0.15) is 0 Å². The van der Waals surface area contributed by atoms with Crippen molar-refractivity contribution in [3.8, 4) is 0 Å². The zero-order valence-corrected chi connectivity index (χ0v) is 16.1. The molecule has 0 spiro atoms. The van der Waals surface area contributed by atoms with Crippen molar-refractivity contribution in [2.45, 2.75) is 94.0 Å². The minimum atomic E-state index is -1.26. The number of alkyl halides is 3. The van der Waals surface area contributed by atoms with E-state index >= 15 is 0 Å². The summed E-state index contributed by atoms with van der Waals surface area (Å²) >= 11 is 18.0. The first-order valence-electron chi connectivity index (χ1n) is 7.91. The maximum Gasteiger partial charge on any atom is 0.461 e. The summed E-state index contributed by atoms with van der Waals surface area (Å²) in [7, 11) is -0.299. The predicted molar refractivity (Wildman–Crippen MR) is 93.5 cm³/mol. The second kappa shape index (κ2) is 7.62. The Kier molecular flexibility index (Phi) is 7.22. The predicted octanol–water partition coefficient (Wildman–Crippen LogP) is 6.18. The lowest BCUT2D eigenvalue weighted by atomic mass is 9.67. The summed E-state index contributed by atoms with van der Waals surface area (Å²) in [5.41, 5.74) is -0.681. The van der Waals surface area contributed by atoms with E-state index in [0.717, 1.165) is 12.8 Å². The smallest absolute Gasteiger partial charge is 0.403 e. The van der Waals surface area contributed by atoms with E-state index in [4.69, 9.17) is 44.1 Å². The van der Waals surface area contributed by atoms with Gasteiger partial charge < -0.3 is 9.31 Å². The molecule has 6 heteroatoms. The molecule has 2 nitrogen and oxygen atoms in total. The first kappa shape index (κ1) is 19.9. The van der Waals surface area contributed by atoms with Gasteiger partial charge >= 0.3 is 7.12 Å². The Hall–Kier alpha value is 0.855. The highest BCUT2D eigenvalue weighted by atomic mass is 35.6. The van der Waals surface area contributed by atoms with E-state index in [9.17, 15) is 0 Å². The summed E-state index contributed by atoms with van der Waals surface area (Å²) in [5, 5.41) is 0. The fraction of sp³-hybridized carbons (Fsp3) is 1.00. The van der Waals surface area contributed by atoms with E-state index in [0.29, 0.717) is 6.42 Å². The van der Waals surface area contributed by atoms with Crippen molar-refractivity contribution < 1.29 is 9.31 Å². The molecule has 124 valence electrons. The third-order valence-electron chi connectivity index (χ3n) is 4.58. The van der Waals surface area contributed by atoms with Crippen LogP contribution in [-0.2, 0) is 9.31 Å². The molecule has 0 aromatic carbocycles. The van der Waals surface area contributed by atoms with Crippen LogP contribution in [0, 0.1) is 0 Å². The van der Waals surface area contributed by atoms with E-state index < -0.39 is 3.79 Å². The number of unbranched alkanes of at least 4 members (excludes halogenated alkanes) is 3. The lowest BCUT2D eigenvalue weighted by Crippen LogP contribution is -2.41. The molecule has 0 radical (unpaired) electrons. The van der Waals surface area contributed by atoms with Crippen molar-refractivity contribution in [2.75, 3.05) is 0 Å². The third-order valence-corrected chi connectivity index (χ3v) is 5.04. The quantitative estimate of drug-likeness (QED) is 0.308. The fourth-order valence-corrected chi connectivity index (χ4v) is 3.14. The number of rotatable bonds is 7. The fourth-order valence-electron chi connectivity index (χ4n) is 2.55. The van der Waals surface area contributed by atoms with E-state index in [1.165, 1.54) is 19.3 Å². The molecule has 1 saturated heterocycles. The summed E-state index contributed by atoms with van der Waals surface area (Å²) in [5.74, 6) is 0.107. The summed E-state index contributed by atoms with van der Waals surface area (Å²) in [6.45, 7) is 10.4. The minimum Gasteiger partial charge on any atom is -0.403 e. The molecule has 0 amide bonds. The highest BCUT2D eigenvalue weighted by Crippen LogP contribution is 2.46. The van der Waals surface area contributed by atoms with Crippen molar-refractivity contribution in [1.82, 2.24) is 0 Å². The molecule has 0 aromatic rings. The van der Waals surface area contributed by atoms with Crippen molar-refractivity contribution in [3.63, 3.8) is 0 Å². The molecule has 1 aliphatic rings. The molecule has 0 bridgehead atoms. The van der Waals surface area contributed by atoms with Gasteiger partial charge in [0.15, 0.2) is 3.79 Å². The Morgan fingerprint density at radius 3 is 1.90 bits per heavy atom. The molecule has 1 fully saturated rings. The lowest BCUT2D eigenvalue weighted by Gasteiger charge is -2.32. The zero-order valence-electron chi connectivity index (χ0n) is 13.8. The van der Waals surface area contributed by atoms with E-state index in [-0.39, 0.29) is 24.1 Å². The maximum atomic E-state index is 6.13. The molecule has 1 aliphatic heterocycles. The molecule has 21 heavy (non-hydrogen) atoms. The van der Waals surface area contributed by atoms with Gasteiger partial charge in [0.1, 0.15) is 0 Å². The molecular formula is C15H28BCl3O2. The van der Waals surface area contributed by atoms with Crippen LogP contribution in [0.2, 0.25) is 5.82 Å². The summed E-state index contributed by atoms with van der Waals surface area (Å²) in [6, 6.07) is 0. The Morgan fingerprint density at radius 2 is 1.48 bits per heavy atom. The van der Waals surface area contributed by atoms with Crippen LogP contribution in [0.4, 0.5) is 0 Å². The van der Waals surface area contributed by atoms with Crippen LogP contribution in [-0.4, -0.2) is 22.1 Å². The topological polar surface area (TPSA) is 18.5 Å². The highest BCUT2D eigenvalue weighted by Gasteiger charge is 2.54. The minimum absolute atomic E-state index is 0.107. The molecular weight excluding hydrogens is 329 g/mol. The van der Waals surface area contributed by atoms with E-state index in [2.05, 4.69) is 34.6 Å². The van der Waals surface area contributed by atoms with Gasteiger partial charge in [-0.15, -0.1) is 0 Å². The van der Waals surface area contributed by atoms with E-state index in [1.807, 2.05) is 0 Å². The van der Waals surface area contributed by atoms with Crippen LogP contribution in [0.3, 0.4) is 0 Å². The molecule has 1 heterocycles. The first-order valence-corrected chi connectivity index (χ1v) is 9.04. The molecule has 0 saturated carbocycles. The van der Waals surface area contributed by atoms with Crippen LogP contribution in [0.25, 0.3) is 0 Å². The average Bonchev–Trinajstić information content (AvgIpc) is 2.51. The summed E-state index contributed by atoms with van der Waals surface area (Å²) < 4.78 is 11.0. The van der Waals surface area contributed by atoms with Gasteiger partial charge in [0.25, 0.3) is 0 Å². The summed E-state index contributed by atoms with van der Waals surface area (Å²) in [4.78, 5) is 0. The lowest BCUT2D eigenvalue weighted by molar-refractivity contribution is 0.00578. The van der Waals surface area contributed by atoms with Crippen LogP contribution in [0.1, 0.15) is 73.1 Å². The molecule has 0 aliphatic carbocycles. The second-order valence-electron chi connectivity index (χ2n) is 7.05. The number of halogens is 3. The second-order valence-corrected chi connectivity index (χ2v) is 9.57. The highest BCUT2D eigenvalue weighted by molar-refractivity contribution is 6.67. The molecule has 0 aromatic heterocycles. The van der Waals surface area contributed by atoms with Gasteiger partial charge in [-0.25, -0.2) is 0 Å². The largest absolute Gasteiger partial charge is 0.461 e. The van der Waals surface area contributed by atoms with Gasteiger partial charge in [-0.05, 0) is 39.9 Å². The third kappa shape index (κ3) is 6.10. The molecule has 1 rings (SSSR count). The van der Waals surface area contributed by atoms with E-state index in [1.54, 1.807) is 0 Å². The Labute approximate surface area is 145 Å². The number of hydrogen-bond donors (Lipinski definition) is 0. The monoisotopic (exact) mass is 356 g/mol. The van der Waals surface area contributed by atoms with Crippen molar-refractivity contribution in [1.29, 1.82) is 0 Å². The van der Waals surface area contributed by atoms with Crippen LogP contribution in [0.5, 0.6) is 0 Å². The normalized spacial score (nSPS) is 22.6. The Balaban J connectivity index is 2.68. The maximum absolute atomic E-state index is 6.13. The Bertz CT molecular complexity index is 313. The van der Waals surface area contributed by atoms with Gasteiger partial charge in [0, 0.05) is 0 Å². The average molecular weight is 358 g/mol. The van der Waals surface area contributed by atoms with Crippen LogP contribution >= 0.6 is 34.8 Å². The summed E-state index contributed by atoms with van der Waals surface area (Å²) in [6.07, 6.45) is 6.19. The zero-order chi connectivity index (χ0) is 16.3. The van der Waals surface area contributed by atoms with Crippen LogP contribution in [0.15, 0.2) is 0 Å². The van der Waals surface area contributed by atoms with Crippen molar-refractivity contribution >= 4 is 41.9 Å². The number of hydrogen-bond acceptors (Lipinski definition) is 2. The van der Waals surface area contributed by atoms with Gasteiger partial charge in [-0.1, -0.05) is 73.8 Å². The van der Waals surface area contributed by atoms with Gasteiger partial charge in [0.05, 0.1) is 11.2 Å². The van der Waals surface area contributed by atoms with Crippen LogP contribution < -0.4 is 0 Å². The Morgan fingerprint density at radius 1 is 0.952 bits per heavy atom. The molecule has 0 N–H and O–H groups in total. The van der Waals surface area contributed by atoms with Gasteiger partial charge in [-0.3, -0.25) is 0 Å². The van der Waals surface area contributed by atoms with Gasteiger partial charge in [0.2, 0.25) is 0 Å². The van der Waals surface area contributed by atoms with Crippen molar-refractivity contribution in [2.24, 2.45) is 0 Å². The standard InChI is InChI=1S/C15H28BCl3O2/c1-6-7-8-9-10-12(11-15(17,18)19)16-20-13(2,3)14(4,5)21-16/h12H,6-11H2,1-5H3. The molecule has 1 atom stereocenters. The molecule has 1 unspecified atom stereocenters. The van der Waals surface area contributed by atoms with Crippen molar-refractivity contribution in [3.05, 3.63) is 0 Å². The first-order chi connectivity index (χ1) is 9.48. The SMILES string of the molecule is CCCCCCC(CC(Cl)(Cl)Cl)B1OC(C)(C)C(C)(C)O1.